The lowest BCUT2D eigenvalue weighted by Gasteiger charge is -2.11. The van der Waals surface area contributed by atoms with Crippen molar-refractivity contribution < 1.29 is 10.2 Å². The molecule has 0 saturated carbocycles. The number of β-amino-alcohol motifs (C(OH)–C–C–N with tert-alkyl or cyclic N) is 2. The molecular formula is C10H13N3O2S. The minimum absolute atomic E-state index is 0.520. The maximum atomic E-state index is 9.43. The third-order valence-corrected chi connectivity index (χ3v) is 3.63. The number of fused-ring (bicyclic) bond motifs is 1. The molecule has 3 heterocycles. The minimum Gasteiger partial charge on any atom is -0.389 e. The van der Waals surface area contributed by atoms with Gasteiger partial charge < -0.3 is 10.2 Å². The summed E-state index contributed by atoms with van der Waals surface area (Å²) in [5.41, 5.74) is 0.980. The van der Waals surface area contributed by atoms with Crippen LogP contribution in [0.15, 0.2) is 17.8 Å². The lowest BCUT2D eigenvalue weighted by Crippen LogP contribution is -2.22. The number of imidazole rings is 1. The van der Waals surface area contributed by atoms with Crippen LogP contribution in [0.5, 0.6) is 0 Å². The molecule has 0 spiro atoms. The van der Waals surface area contributed by atoms with Crippen molar-refractivity contribution in [1.82, 2.24) is 14.3 Å². The second kappa shape index (κ2) is 3.81. The van der Waals surface area contributed by atoms with Crippen molar-refractivity contribution in [2.24, 2.45) is 0 Å². The molecule has 16 heavy (non-hydrogen) atoms. The monoisotopic (exact) mass is 239 g/mol. The summed E-state index contributed by atoms with van der Waals surface area (Å²) in [6.07, 6.45) is 2.72. The average molecular weight is 239 g/mol. The molecule has 86 valence electrons. The van der Waals surface area contributed by atoms with Crippen molar-refractivity contribution in [2.45, 2.75) is 18.8 Å². The van der Waals surface area contributed by atoms with Crippen molar-refractivity contribution in [2.75, 3.05) is 13.1 Å². The highest BCUT2D eigenvalue weighted by molar-refractivity contribution is 7.15. The van der Waals surface area contributed by atoms with E-state index in [0.717, 1.165) is 10.7 Å². The molecule has 2 N–H and O–H groups in total. The van der Waals surface area contributed by atoms with Crippen molar-refractivity contribution >= 4 is 16.3 Å². The van der Waals surface area contributed by atoms with Gasteiger partial charge in [0.1, 0.15) is 0 Å². The van der Waals surface area contributed by atoms with Crippen LogP contribution < -0.4 is 0 Å². The standard InChI is InChI=1S/C10H13N3O2S/c14-8-5-12(6-9(8)15)3-7-4-13-1-2-16-10(13)11-7/h1-2,4,8-9,14-15H,3,5-6H2/t8-,9+. The normalized spacial score (nSPS) is 26.9. The molecule has 3 rings (SSSR count). The second-order valence-electron chi connectivity index (χ2n) is 4.15. The van der Waals surface area contributed by atoms with Crippen LogP contribution in [0, 0.1) is 0 Å². The van der Waals surface area contributed by atoms with Crippen molar-refractivity contribution in [3.8, 4) is 0 Å². The van der Waals surface area contributed by atoms with Gasteiger partial charge in [-0.05, 0) is 0 Å². The summed E-state index contributed by atoms with van der Waals surface area (Å²) in [6, 6.07) is 0. The van der Waals surface area contributed by atoms with Crippen LogP contribution in [0.2, 0.25) is 0 Å². The lowest BCUT2D eigenvalue weighted by atomic mass is 10.3. The Bertz CT molecular complexity index is 456. The predicted octanol–water partition coefficient (Wildman–Crippen LogP) is -0.0668. The number of hydrogen-bond donors (Lipinski definition) is 2. The van der Waals surface area contributed by atoms with Crippen LogP contribution in [0.4, 0.5) is 0 Å². The molecular weight excluding hydrogens is 226 g/mol. The zero-order valence-corrected chi connectivity index (χ0v) is 9.47. The molecule has 5 nitrogen and oxygen atoms in total. The first-order valence-corrected chi connectivity index (χ1v) is 6.10. The van der Waals surface area contributed by atoms with Gasteiger partial charge in [0, 0.05) is 37.4 Å². The topological polar surface area (TPSA) is 61.0 Å². The maximum absolute atomic E-state index is 9.43. The SMILES string of the molecule is O[C@@H]1CN(Cc2cn3ccsc3n2)C[C@@H]1O. The summed E-state index contributed by atoms with van der Waals surface area (Å²) < 4.78 is 1.99. The van der Waals surface area contributed by atoms with E-state index in [-0.39, 0.29) is 0 Å². The number of hydrogen-bond acceptors (Lipinski definition) is 5. The Morgan fingerprint density at radius 1 is 1.38 bits per heavy atom. The van der Waals surface area contributed by atoms with E-state index in [2.05, 4.69) is 4.98 Å². The average Bonchev–Trinajstić information content (AvgIpc) is 2.83. The van der Waals surface area contributed by atoms with E-state index in [1.165, 1.54) is 0 Å². The molecule has 2 aromatic rings. The first-order chi connectivity index (χ1) is 7.72. The van der Waals surface area contributed by atoms with Gasteiger partial charge in [-0.15, -0.1) is 11.3 Å². The van der Waals surface area contributed by atoms with Gasteiger partial charge in [0.15, 0.2) is 4.96 Å². The predicted molar refractivity (Wildman–Crippen MR) is 60.4 cm³/mol. The van der Waals surface area contributed by atoms with Crippen molar-refractivity contribution in [3.05, 3.63) is 23.5 Å². The third kappa shape index (κ3) is 1.73. The fourth-order valence-electron chi connectivity index (χ4n) is 2.06. The number of aliphatic hydroxyl groups is 2. The van der Waals surface area contributed by atoms with Gasteiger partial charge in [-0.2, -0.15) is 0 Å². The second-order valence-corrected chi connectivity index (χ2v) is 5.03. The van der Waals surface area contributed by atoms with Crippen LogP contribution in [0.1, 0.15) is 5.69 Å². The Hall–Kier alpha value is -0.950. The molecule has 6 heteroatoms. The summed E-state index contributed by atoms with van der Waals surface area (Å²) in [4.78, 5) is 7.46. The molecule has 0 aromatic carbocycles. The van der Waals surface area contributed by atoms with Gasteiger partial charge in [-0.3, -0.25) is 9.30 Å². The molecule has 1 aliphatic heterocycles. The van der Waals surface area contributed by atoms with E-state index in [1.807, 2.05) is 27.1 Å². The number of thiazole rings is 1. The number of nitrogens with zero attached hydrogens (tertiary/aromatic N) is 3. The molecule has 0 aliphatic carbocycles. The van der Waals surface area contributed by atoms with E-state index in [4.69, 9.17) is 0 Å². The molecule has 1 aliphatic rings. The summed E-state index contributed by atoms with van der Waals surface area (Å²) in [5, 5.41) is 20.9. The lowest BCUT2D eigenvalue weighted by molar-refractivity contribution is 0.0572. The quantitative estimate of drug-likeness (QED) is 0.770. The van der Waals surface area contributed by atoms with Crippen LogP contribution in [0.3, 0.4) is 0 Å². The zero-order valence-electron chi connectivity index (χ0n) is 8.65. The van der Waals surface area contributed by atoms with Crippen molar-refractivity contribution in [3.63, 3.8) is 0 Å². The molecule has 0 bridgehead atoms. The van der Waals surface area contributed by atoms with Gasteiger partial charge in [-0.25, -0.2) is 4.98 Å². The van der Waals surface area contributed by atoms with E-state index in [0.29, 0.717) is 19.6 Å². The van der Waals surface area contributed by atoms with E-state index < -0.39 is 12.2 Å². The first kappa shape index (κ1) is 10.2. The molecule has 0 amide bonds. The van der Waals surface area contributed by atoms with E-state index >= 15 is 0 Å². The van der Waals surface area contributed by atoms with Gasteiger partial charge in [-0.1, -0.05) is 0 Å². The third-order valence-electron chi connectivity index (χ3n) is 2.86. The fourth-order valence-corrected chi connectivity index (χ4v) is 2.78. The van der Waals surface area contributed by atoms with Crippen molar-refractivity contribution in [1.29, 1.82) is 0 Å². The Labute approximate surface area is 96.6 Å². The van der Waals surface area contributed by atoms with Gasteiger partial charge in [0.25, 0.3) is 0 Å². The van der Waals surface area contributed by atoms with Crippen LogP contribution >= 0.6 is 11.3 Å². The number of aromatic nitrogens is 2. The maximum Gasteiger partial charge on any atom is 0.193 e. The summed E-state index contributed by atoms with van der Waals surface area (Å²) in [7, 11) is 0. The Balaban J connectivity index is 1.73. The largest absolute Gasteiger partial charge is 0.389 e. The Kier molecular flexibility index (Phi) is 2.44. The Morgan fingerprint density at radius 3 is 2.81 bits per heavy atom. The molecule has 2 aromatic heterocycles. The molecule has 2 atom stereocenters. The van der Waals surface area contributed by atoms with Gasteiger partial charge >= 0.3 is 0 Å². The minimum atomic E-state index is -0.622. The molecule has 1 saturated heterocycles. The molecule has 1 fully saturated rings. The summed E-state index contributed by atoms with van der Waals surface area (Å²) in [5.74, 6) is 0. The fraction of sp³-hybridized carbons (Fsp3) is 0.500. The molecule has 0 unspecified atom stereocenters. The number of aliphatic hydroxyl groups excluding tert-OH is 2. The number of rotatable bonds is 2. The smallest absolute Gasteiger partial charge is 0.193 e. The van der Waals surface area contributed by atoms with Crippen LogP contribution in [-0.2, 0) is 6.54 Å². The highest BCUT2D eigenvalue weighted by Gasteiger charge is 2.29. The first-order valence-electron chi connectivity index (χ1n) is 5.22. The van der Waals surface area contributed by atoms with Crippen LogP contribution in [0.25, 0.3) is 4.96 Å². The van der Waals surface area contributed by atoms with Gasteiger partial charge in [0.2, 0.25) is 0 Å². The highest BCUT2D eigenvalue weighted by Crippen LogP contribution is 2.16. The van der Waals surface area contributed by atoms with Crippen LogP contribution in [-0.4, -0.2) is 49.8 Å². The van der Waals surface area contributed by atoms with E-state index in [1.54, 1.807) is 11.3 Å². The van der Waals surface area contributed by atoms with Gasteiger partial charge in [0.05, 0.1) is 17.9 Å². The summed E-state index contributed by atoms with van der Waals surface area (Å²) >= 11 is 1.60. The zero-order chi connectivity index (χ0) is 11.1. The van der Waals surface area contributed by atoms with E-state index in [9.17, 15) is 10.2 Å². The Morgan fingerprint density at radius 2 is 2.12 bits per heavy atom. The number of likely N-dealkylation sites (tertiary alicyclic amines) is 1. The highest BCUT2D eigenvalue weighted by atomic mass is 32.1. The summed E-state index contributed by atoms with van der Waals surface area (Å²) in [6.45, 7) is 1.72. The molecule has 0 radical (unpaired) electrons.